The van der Waals surface area contributed by atoms with Crippen LogP contribution in [0.5, 0.6) is 0 Å². The van der Waals surface area contributed by atoms with Gasteiger partial charge in [-0.3, -0.25) is 4.79 Å². The van der Waals surface area contributed by atoms with Crippen LogP contribution in [0, 0.1) is 5.92 Å². The zero-order valence-corrected chi connectivity index (χ0v) is 12.7. The predicted molar refractivity (Wildman–Crippen MR) is 81.2 cm³/mol. The summed E-state index contributed by atoms with van der Waals surface area (Å²) in [5.74, 6) is 0.184. The Hall–Kier alpha value is -1.39. The van der Waals surface area contributed by atoms with Gasteiger partial charge in [-0.2, -0.15) is 0 Å². The van der Waals surface area contributed by atoms with Crippen LogP contribution in [-0.2, 0) is 16.1 Å². The number of nitrogens with two attached hydrogens (primary N) is 1. The summed E-state index contributed by atoms with van der Waals surface area (Å²) in [6, 6.07) is 9.51. The van der Waals surface area contributed by atoms with Crippen molar-refractivity contribution < 1.29 is 9.53 Å². The van der Waals surface area contributed by atoms with Gasteiger partial charge in [-0.25, -0.2) is 0 Å². The molecule has 0 heterocycles. The van der Waals surface area contributed by atoms with E-state index in [1.165, 1.54) is 0 Å². The second-order valence-corrected chi connectivity index (χ2v) is 5.15. The zero-order valence-electron chi connectivity index (χ0n) is 12.7. The van der Waals surface area contributed by atoms with Crippen LogP contribution in [0.1, 0.15) is 25.8 Å². The first-order valence-corrected chi connectivity index (χ1v) is 7.17. The van der Waals surface area contributed by atoms with Gasteiger partial charge >= 0.3 is 0 Å². The fraction of sp³-hybridized carbons (Fsp3) is 0.562. The number of benzene rings is 1. The summed E-state index contributed by atoms with van der Waals surface area (Å²) < 4.78 is 5.09. The molecule has 0 radical (unpaired) electrons. The summed E-state index contributed by atoms with van der Waals surface area (Å²) in [5.41, 5.74) is 7.17. The molecule has 1 rings (SSSR count). The maximum absolute atomic E-state index is 12.5. The van der Waals surface area contributed by atoms with Crippen molar-refractivity contribution in [3.63, 3.8) is 0 Å². The lowest BCUT2D eigenvalue weighted by molar-refractivity contribution is -0.135. The normalized spacial score (nSPS) is 13.8. The first-order chi connectivity index (χ1) is 9.60. The Morgan fingerprint density at radius 1 is 1.35 bits per heavy atom. The molecule has 0 aliphatic rings. The minimum Gasteiger partial charge on any atom is -0.383 e. The number of hydrogen-bond acceptors (Lipinski definition) is 3. The third-order valence-electron chi connectivity index (χ3n) is 3.64. The van der Waals surface area contributed by atoms with Crippen molar-refractivity contribution in [3.8, 4) is 0 Å². The van der Waals surface area contributed by atoms with Crippen molar-refractivity contribution in [1.82, 2.24) is 4.90 Å². The van der Waals surface area contributed by atoms with Gasteiger partial charge < -0.3 is 15.4 Å². The summed E-state index contributed by atoms with van der Waals surface area (Å²) in [6.07, 6.45) is 0.899. The molecule has 2 unspecified atom stereocenters. The Kier molecular flexibility index (Phi) is 7.26. The van der Waals surface area contributed by atoms with Crippen molar-refractivity contribution in [2.75, 3.05) is 20.3 Å². The molecule has 2 N–H and O–H groups in total. The van der Waals surface area contributed by atoms with Crippen LogP contribution in [0.4, 0.5) is 0 Å². The number of amides is 1. The van der Waals surface area contributed by atoms with Crippen LogP contribution in [0.3, 0.4) is 0 Å². The van der Waals surface area contributed by atoms with Crippen molar-refractivity contribution >= 4 is 5.91 Å². The average Bonchev–Trinajstić information content (AvgIpc) is 2.50. The van der Waals surface area contributed by atoms with Gasteiger partial charge in [-0.05, 0) is 11.5 Å². The molecule has 20 heavy (non-hydrogen) atoms. The molecule has 0 spiro atoms. The van der Waals surface area contributed by atoms with Crippen LogP contribution in [0.2, 0.25) is 0 Å². The van der Waals surface area contributed by atoms with Crippen molar-refractivity contribution in [1.29, 1.82) is 0 Å². The molecule has 0 aliphatic heterocycles. The van der Waals surface area contributed by atoms with E-state index in [9.17, 15) is 4.79 Å². The zero-order chi connectivity index (χ0) is 15.0. The van der Waals surface area contributed by atoms with Crippen LogP contribution >= 0.6 is 0 Å². The number of carbonyl (C=O) groups is 1. The Balaban J connectivity index is 2.75. The summed E-state index contributed by atoms with van der Waals surface area (Å²) in [4.78, 5) is 14.3. The second-order valence-electron chi connectivity index (χ2n) is 5.15. The minimum atomic E-state index is -0.444. The summed E-state index contributed by atoms with van der Waals surface area (Å²) in [6.45, 7) is 5.72. The van der Waals surface area contributed by atoms with Crippen molar-refractivity contribution in [2.24, 2.45) is 11.7 Å². The van der Waals surface area contributed by atoms with E-state index in [1.54, 1.807) is 12.0 Å². The average molecular weight is 278 g/mol. The molecular formula is C16H26N2O2. The molecule has 0 fully saturated rings. The van der Waals surface area contributed by atoms with E-state index in [1.807, 2.05) is 37.3 Å². The molecule has 0 aromatic heterocycles. The number of methoxy groups -OCH3 is 1. The van der Waals surface area contributed by atoms with Gasteiger partial charge in [0, 0.05) is 20.2 Å². The van der Waals surface area contributed by atoms with Crippen LogP contribution < -0.4 is 5.73 Å². The topological polar surface area (TPSA) is 55.6 Å². The van der Waals surface area contributed by atoms with Crippen LogP contribution in [-0.4, -0.2) is 37.1 Å². The second kappa shape index (κ2) is 8.72. The number of ether oxygens (including phenoxy) is 1. The molecule has 112 valence electrons. The standard InChI is InChI=1S/C16H26N2O2/c1-4-13(2)15(17)16(19)18(10-11-20-3)12-14-8-6-5-7-9-14/h5-9,13,15H,4,10-12,17H2,1-3H3. The highest BCUT2D eigenvalue weighted by Crippen LogP contribution is 2.11. The Bertz CT molecular complexity index is 395. The molecular weight excluding hydrogens is 252 g/mol. The highest BCUT2D eigenvalue weighted by molar-refractivity contribution is 5.82. The van der Waals surface area contributed by atoms with Crippen LogP contribution in [0.15, 0.2) is 30.3 Å². The van der Waals surface area contributed by atoms with Crippen molar-refractivity contribution in [3.05, 3.63) is 35.9 Å². The molecule has 1 aromatic rings. The quantitative estimate of drug-likeness (QED) is 0.791. The smallest absolute Gasteiger partial charge is 0.240 e. The lowest BCUT2D eigenvalue weighted by Crippen LogP contribution is -2.47. The molecule has 1 amide bonds. The number of hydrogen-bond donors (Lipinski definition) is 1. The predicted octanol–water partition coefficient (Wildman–Crippen LogP) is 2.03. The molecule has 4 nitrogen and oxygen atoms in total. The van der Waals surface area contributed by atoms with E-state index in [-0.39, 0.29) is 11.8 Å². The van der Waals surface area contributed by atoms with E-state index >= 15 is 0 Å². The van der Waals surface area contributed by atoms with E-state index in [0.29, 0.717) is 19.7 Å². The molecule has 0 saturated carbocycles. The van der Waals surface area contributed by atoms with Gasteiger partial charge in [-0.1, -0.05) is 50.6 Å². The van der Waals surface area contributed by atoms with E-state index in [0.717, 1.165) is 12.0 Å². The fourth-order valence-electron chi connectivity index (χ4n) is 1.98. The van der Waals surface area contributed by atoms with Gasteiger partial charge in [-0.15, -0.1) is 0 Å². The maximum Gasteiger partial charge on any atom is 0.240 e. The lowest BCUT2D eigenvalue weighted by Gasteiger charge is -2.28. The molecule has 0 saturated heterocycles. The summed E-state index contributed by atoms with van der Waals surface area (Å²) in [7, 11) is 1.64. The first kappa shape index (κ1) is 16.7. The minimum absolute atomic E-state index is 0.000234. The molecule has 1 aromatic carbocycles. The van der Waals surface area contributed by atoms with Gasteiger partial charge in [0.15, 0.2) is 0 Å². The van der Waals surface area contributed by atoms with Gasteiger partial charge in [0.2, 0.25) is 5.91 Å². The fourth-order valence-corrected chi connectivity index (χ4v) is 1.98. The SMILES string of the molecule is CCC(C)C(N)C(=O)N(CCOC)Cc1ccccc1. The van der Waals surface area contributed by atoms with Gasteiger partial charge in [0.25, 0.3) is 0 Å². The third kappa shape index (κ3) is 4.94. The number of nitrogens with zero attached hydrogens (tertiary/aromatic N) is 1. The van der Waals surface area contributed by atoms with Crippen LogP contribution in [0.25, 0.3) is 0 Å². The lowest BCUT2D eigenvalue weighted by atomic mass is 9.98. The highest BCUT2D eigenvalue weighted by atomic mass is 16.5. The van der Waals surface area contributed by atoms with E-state index in [2.05, 4.69) is 6.92 Å². The third-order valence-corrected chi connectivity index (χ3v) is 3.64. The monoisotopic (exact) mass is 278 g/mol. The Morgan fingerprint density at radius 2 is 2.00 bits per heavy atom. The van der Waals surface area contributed by atoms with Crippen molar-refractivity contribution in [2.45, 2.75) is 32.9 Å². The summed E-state index contributed by atoms with van der Waals surface area (Å²) in [5, 5.41) is 0. The highest BCUT2D eigenvalue weighted by Gasteiger charge is 2.24. The maximum atomic E-state index is 12.5. The van der Waals surface area contributed by atoms with Gasteiger partial charge in [0.05, 0.1) is 12.6 Å². The molecule has 4 heteroatoms. The summed E-state index contributed by atoms with van der Waals surface area (Å²) >= 11 is 0. The number of carbonyl (C=O) groups excluding carboxylic acids is 1. The van der Waals surface area contributed by atoms with E-state index < -0.39 is 6.04 Å². The first-order valence-electron chi connectivity index (χ1n) is 7.17. The Labute approximate surface area is 121 Å². The number of rotatable bonds is 8. The van der Waals surface area contributed by atoms with E-state index in [4.69, 9.17) is 10.5 Å². The van der Waals surface area contributed by atoms with Gasteiger partial charge in [0.1, 0.15) is 0 Å². The largest absolute Gasteiger partial charge is 0.383 e. The Morgan fingerprint density at radius 3 is 2.55 bits per heavy atom. The molecule has 2 atom stereocenters. The molecule has 0 bridgehead atoms. The molecule has 0 aliphatic carbocycles.